The zero-order valence-corrected chi connectivity index (χ0v) is 21.9. The number of aryl methyl sites for hydroxylation is 1. The molecule has 1 N–H and O–H groups in total. The van der Waals surface area contributed by atoms with Crippen LogP contribution in [0.5, 0.6) is 11.5 Å². The summed E-state index contributed by atoms with van der Waals surface area (Å²) in [6, 6.07) is 14.2. The summed E-state index contributed by atoms with van der Waals surface area (Å²) in [7, 11) is 1.59. The fraction of sp³-hybridized carbons (Fsp3) is 0.407. The van der Waals surface area contributed by atoms with Gasteiger partial charge >= 0.3 is 0 Å². The van der Waals surface area contributed by atoms with Crippen LogP contribution in [-0.4, -0.2) is 46.4 Å². The number of methoxy groups -OCH3 is 1. The van der Waals surface area contributed by atoms with Crippen LogP contribution >= 0.6 is 11.8 Å². The zero-order valence-electron chi connectivity index (χ0n) is 21.1. The van der Waals surface area contributed by atoms with Gasteiger partial charge in [-0.2, -0.15) is 5.10 Å². The monoisotopic (exact) mass is 507 g/mol. The quantitative estimate of drug-likeness (QED) is 0.224. The summed E-state index contributed by atoms with van der Waals surface area (Å²) in [5.74, 6) is 2.15. The molecule has 1 fully saturated rings. The van der Waals surface area contributed by atoms with E-state index in [0.29, 0.717) is 24.1 Å². The number of nitrogens with zero attached hydrogens (tertiary/aromatic N) is 4. The molecule has 1 aromatic heterocycles. The number of benzene rings is 2. The summed E-state index contributed by atoms with van der Waals surface area (Å²) < 4.78 is 13.1. The van der Waals surface area contributed by atoms with Crippen molar-refractivity contribution >= 4 is 23.9 Å². The topological polar surface area (TPSA) is 90.6 Å². The average molecular weight is 508 g/mol. The second kappa shape index (κ2) is 12.6. The molecule has 190 valence electrons. The van der Waals surface area contributed by atoms with Crippen molar-refractivity contribution in [2.45, 2.75) is 57.1 Å². The third kappa shape index (κ3) is 6.46. The second-order valence-corrected chi connectivity index (χ2v) is 9.70. The van der Waals surface area contributed by atoms with Crippen molar-refractivity contribution in [3.63, 3.8) is 0 Å². The Morgan fingerprint density at radius 3 is 2.64 bits per heavy atom. The normalized spacial score (nSPS) is 14.2. The van der Waals surface area contributed by atoms with Gasteiger partial charge in [0.1, 0.15) is 0 Å². The van der Waals surface area contributed by atoms with Gasteiger partial charge in [0, 0.05) is 11.6 Å². The molecule has 2 aromatic carbocycles. The van der Waals surface area contributed by atoms with E-state index < -0.39 is 0 Å². The van der Waals surface area contributed by atoms with Gasteiger partial charge < -0.3 is 9.47 Å². The van der Waals surface area contributed by atoms with Crippen LogP contribution in [-0.2, 0) is 4.79 Å². The van der Waals surface area contributed by atoms with Gasteiger partial charge in [-0.05, 0) is 50.5 Å². The summed E-state index contributed by atoms with van der Waals surface area (Å²) >= 11 is 1.39. The van der Waals surface area contributed by atoms with E-state index in [1.54, 1.807) is 13.3 Å². The first-order valence-corrected chi connectivity index (χ1v) is 13.3. The first kappa shape index (κ1) is 25.8. The number of carbonyl (C=O) groups is 1. The summed E-state index contributed by atoms with van der Waals surface area (Å²) in [6.07, 6.45) is 7.46. The molecule has 0 unspecified atom stereocenters. The minimum Gasteiger partial charge on any atom is -0.493 e. The third-order valence-corrected chi connectivity index (χ3v) is 7.08. The molecule has 8 nitrogen and oxygen atoms in total. The molecule has 3 aromatic rings. The summed E-state index contributed by atoms with van der Waals surface area (Å²) in [6.45, 7) is 4.55. The maximum Gasteiger partial charge on any atom is 0.250 e. The Kier molecular flexibility index (Phi) is 9.00. The number of carbonyl (C=O) groups excluding carboxylic acids is 1. The molecule has 0 aliphatic heterocycles. The van der Waals surface area contributed by atoms with Crippen LogP contribution in [0.15, 0.2) is 52.7 Å². The number of ether oxygens (including phenoxy) is 2. The average Bonchev–Trinajstić information content (AvgIpc) is 3.33. The van der Waals surface area contributed by atoms with Crippen LogP contribution in [0.25, 0.3) is 11.4 Å². The predicted molar refractivity (Wildman–Crippen MR) is 143 cm³/mol. The molecule has 0 bridgehead atoms. The van der Waals surface area contributed by atoms with Gasteiger partial charge in [0.25, 0.3) is 5.91 Å². The van der Waals surface area contributed by atoms with Crippen LogP contribution in [0.1, 0.15) is 56.2 Å². The summed E-state index contributed by atoms with van der Waals surface area (Å²) in [5.41, 5.74) is 5.65. The largest absolute Gasteiger partial charge is 0.493 e. The maximum absolute atomic E-state index is 12.5. The van der Waals surface area contributed by atoms with E-state index in [1.807, 2.05) is 25.1 Å². The number of aromatic nitrogens is 3. The highest BCUT2D eigenvalue weighted by Crippen LogP contribution is 2.35. The molecule has 9 heteroatoms. The van der Waals surface area contributed by atoms with Gasteiger partial charge in [-0.1, -0.05) is 60.9 Å². The zero-order chi connectivity index (χ0) is 25.3. The Morgan fingerprint density at radius 2 is 1.92 bits per heavy atom. The van der Waals surface area contributed by atoms with Crippen molar-refractivity contribution in [1.82, 2.24) is 20.2 Å². The fourth-order valence-corrected chi connectivity index (χ4v) is 5.12. The maximum atomic E-state index is 12.5. The third-order valence-electron chi connectivity index (χ3n) is 6.14. The number of rotatable bonds is 10. The Balaban J connectivity index is 1.41. The van der Waals surface area contributed by atoms with Crippen molar-refractivity contribution in [1.29, 1.82) is 0 Å². The van der Waals surface area contributed by atoms with Crippen LogP contribution in [0, 0.1) is 6.92 Å². The number of nitrogens with one attached hydrogen (secondary N) is 1. The molecule has 1 aliphatic carbocycles. The highest BCUT2D eigenvalue weighted by atomic mass is 32.2. The lowest BCUT2D eigenvalue weighted by molar-refractivity contribution is -0.118. The van der Waals surface area contributed by atoms with E-state index in [1.165, 1.54) is 36.6 Å². The molecule has 1 aliphatic rings. The number of hydrogen-bond donors (Lipinski definition) is 1. The van der Waals surface area contributed by atoms with E-state index in [0.717, 1.165) is 34.9 Å². The highest BCUT2D eigenvalue weighted by Gasteiger charge is 2.24. The lowest BCUT2D eigenvalue weighted by atomic mass is 9.95. The van der Waals surface area contributed by atoms with E-state index in [9.17, 15) is 4.79 Å². The molecule has 0 radical (unpaired) electrons. The van der Waals surface area contributed by atoms with Gasteiger partial charge in [-0.3, -0.25) is 9.36 Å². The molecule has 1 saturated carbocycles. The smallest absolute Gasteiger partial charge is 0.250 e. The Labute approximate surface area is 216 Å². The lowest BCUT2D eigenvalue weighted by Gasteiger charge is -2.25. The van der Waals surface area contributed by atoms with E-state index in [4.69, 9.17) is 9.47 Å². The van der Waals surface area contributed by atoms with Crippen molar-refractivity contribution in [3.8, 4) is 22.9 Å². The molecule has 1 heterocycles. The Bertz CT molecular complexity index is 1190. The first-order valence-electron chi connectivity index (χ1n) is 12.4. The van der Waals surface area contributed by atoms with E-state index in [2.05, 4.69) is 56.5 Å². The molecule has 0 atom stereocenters. The number of amides is 1. The van der Waals surface area contributed by atoms with Crippen molar-refractivity contribution in [2.24, 2.45) is 5.10 Å². The van der Waals surface area contributed by atoms with Gasteiger partial charge in [0.15, 0.2) is 22.5 Å². The predicted octanol–water partition coefficient (Wildman–Crippen LogP) is 5.41. The molecule has 1 amide bonds. The van der Waals surface area contributed by atoms with Crippen molar-refractivity contribution < 1.29 is 14.3 Å². The molecule has 4 rings (SSSR count). The van der Waals surface area contributed by atoms with Crippen molar-refractivity contribution in [2.75, 3.05) is 19.5 Å². The summed E-state index contributed by atoms with van der Waals surface area (Å²) in [5, 5.41) is 13.9. The first-order chi connectivity index (χ1) is 17.6. The van der Waals surface area contributed by atoms with Crippen LogP contribution in [0.4, 0.5) is 0 Å². The number of thioether (sulfide) groups is 1. The molecular formula is C27H33N5O3S. The number of hydrogen-bond acceptors (Lipinski definition) is 7. The molecule has 0 saturated heterocycles. The standard InChI is InChI=1S/C27H33N5O3S/c1-4-35-23-15-12-20(16-24(23)34-3)17-28-29-25(33)18-36-27-31-30-26(21-13-10-19(2)11-14-21)32(27)22-8-6-5-7-9-22/h10-17,22H,4-9,18H2,1-3H3,(H,29,33)/b28-17+. The van der Waals surface area contributed by atoms with Gasteiger partial charge in [0.05, 0.1) is 25.7 Å². The van der Waals surface area contributed by atoms with Gasteiger partial charge in [-0.15, -0.1) is 10.2 Å². The minimum atomic E-state index is -0.204. The molecule has 36 heavy (non-hydrogen) atoms. The Morgan fingerprint density at radius 1 is 1.14 bits per heavy atom. The van der Waals surface area contributed by atoms with Crippen LogP contribution in [0.2, 0.25) is 0 Å². The second-order valence-electron chi connectivity index (χ2n) is 8.76. The van der Waals surface area contributed by atoms with Gasteiger partial charge in [-0.25, -0.2) is 5.43 Å². The SMILES string of the molecule is CCOc1ccc(/C=N/NC(=O)CSc2nnc(-c3ccc(C)cc3)n2C2CCCCC2)cc1OC. The Hall–Kier alpha value is -3.33. The molecular weight excluding hydrogens is 474 g/mol. The van der Waals surface area contributed by atoms with Gasteiger partial charge in [0.2, 0.25) is 0 Å². The minimum absolute atomic E-state index is 0.197. The van der Waals surface area contributed by atoms with E-state index >= 15 is 0 Å². The lowest BCUT2D eigenvalue weighted by Crippen LogP contribution is -2.20. The van der Waals surface area contributed by atoms with Crippen molar-refractivity contribution in [3.05, 3.63) is 53.6 Å². The van der Waals surface area contributed by atoms with E-state index in [-0.39, 0.29) is 11.7 Å². The highest BCUT2D eigenvalue weighted by molar-refractivity contribution is 7.99. The van der Waals surface area contributed by atoms with Crippen LogP contribution < -0.4 is 14.9 Å². The summed E-state index contributed by atoms with van der Waals surface area (Å²) in [4.78, 5) is 12.5. The number of hydrazone groups is 1. The fourth-order valence-electron chi connectivity index (χ4n) is 4.32. The molecule has 0 spiro atoms. The van der Waals surface area contributed by atoms with Crippen LogP contribution in [0.3, 0.4) is 0 Å².